The number of hydrogen-bond donors (Lipinski definition) is 0. The predicted octanol–water partition coefficient (Wildman–Crippen LogP) is 15.2. The van der Waals surface area contributed by atoms with Crippen LogP contribution in [0.1, 0.15) is 188 Å². The molecule has 332 valence electrons. The number of carbonyl (C=O) groups is 3. The summed E-state index contributed by atoms with van der Waals surface area (Å²) < 4.78 is 16.5. The molecule has 0 aliphatic carbocycles. The van der Waals surface area contributed by atoms with Crippen LogP contribution in [0.3, 0.4) is 0 Å². The molecule has 6 nitrogen and oxygen atoms in total. The molecule has 0 rings (SSSR count). The van der Waals surface area contributed by atoms with Crippen LogP contribution in [0.25, 0.3) is 0 Å². The summed E-state index contributed by atoms with van der Waals surface area (Å²) >= 11 is 0. The van der Waals surface area contributed by atoms with Gasteiger partial charge in [-0.3, -0.25) is 14.4 Å². The minimum Gasteiger partial charge on any atom is -0.462 e. The Morgan fingerprint density at radius 1 is 0.373 bits per heavy atom. The molecule has 0 aromatic carbocycles. The van der Waals surface area contributed by atoms with Crippen molar-refractivity contribution in [1.82, 2.24) is 0 Å². The Kier molecular flexibility index (Phi) is 43.6. The van der Waals surface area contributed by atoms with E-state index in [-0.39, 0.29) is 31.6 Å². The van der Waals surface area contributed by atoms with Gasteiger partial charge < -0.3 is 14.2 Å². The molecule has 0 radical (unpaired) electrons. The van der Waals surface area contributed by atoms with Gasteiger partial charge in [-0.2, -0.15) is 0 Å². The Bertz CT molecular complexity index is 1260. The van der Waals surface area contributed by atoms with E-state index in [0.29, 0.717) is 19.3 Å². The third-order valence-electron chi connectivity index (χ3n) is 9.31. The van der Waals surface area contributed by atoms with Crippen molar-refractivity contribution >= 4 is 17.9 Å². The quantitative estimate of drug-likeness (QED) is 0.0265. The molecule has 0 aromatic heterocycles. The summed E-state index contributed by atoms with van der Waals surface area (Å²) in [6, 6.07) is 0. The lowest BCUT2D eigenvalue weighted by Crippen LogP contribution is -2.30. The second kappa shape index (κ2) is 46.8. The first-order chi connectivity index (χ1) is 29.0. The van der Waals surface area contributed by atoms with E-state index in [1.54, 1.807) is 6.08 Å². The lowest BCUT2D eigenvalue weighted by Gasteiger charge is -2.18. The van der Waals surface area contributed by atoms with Crippen LogP contribution < -0.4 is 0 Å². The van der Waals surface area contributed by atoms with Gasteiger partial charge in [-0.05, 0) is 83.5 Å². The molecule has 6 heteroatoms. The summed E-state index contributed by atoms with van der Waals surface area (Å²) in [6.45, 7) is 6.24. The highest BCUT2D eigenvalue weighted by Gasteiger charge is 2.19. The van der Waals surface area contributed by atoms with Crippen LogP contribution in [-0.2, 0) is 28.6 Å². The van der Waals surface area contributed by atoms with E-state index < -0.39 is 12.1 Å². The van der Waals surface area contributed by atoms with Crippen molar-refractivity contribution in [3.63, 3.8) is 0 Å². The van der Waals surface area contributed by atoms with Crippen LogP contribution >= 0.6 is 0 Å². The fraction of sp³-hybridized carbons (Fsp3) is 0.604. The molecule has 1 atom stereocenters. The highest BCUT2D eigenvalue weighted by atomic mass is 16.6. The Morgan fingerprint density at radius 3 is 1.12 bits per heavy atom. The SMILES string of the molecule is CC/C=C\C/C=C\C/C=C\C/C=C\C/C=C\CC(=O)OC(COC(=O)CCCCCCCCC)COC(=O)CCCCCCCC/C=C\C/C=C\C/C=C\C/C=C\CC. The standard InChI is InChI=1S/C53H84O6/c1-4-7-10-13-16-18-20-22-24-25-26-27-29-30-32-34-37-40-43-46-52(55)58-49-50(48-57-51(54)45-42-39-36-15-12-9-6-3)59-53(56)47-44-41-38-35-33-31-28-23-21-19-17-14-11-8-5-2/h7-8,10-11,16-19,22-24,26-28,33,35,41,44,50H,4-6,9,12-15,20-21,25,29-32,34,36-40,42-43,45-49H2,1-3H3/b10-7-,11-8-,18-16-,19-17-,24-22-,27-26-,28-23-,35-33-,44-41-. The first kappa shape index (κ1) is 55.1. The van der Waals surface area contributed by atoms with E-state index in [4.69, 9.17) is 14.2 Å². The van der Waals surface area contributed by atoms with Crippen molar-refractivity contribution in [2.75, 3.05) is 13.2 Å². The molecule has 0 saturated carbocycles. The maximum absolute atomic E-state index is 12.7. The number of unbranched alkanes of at least 4 members (excludes halogenated alkanes) is 12. The zero-order valence-corrected chi connectivity index (χ0v) is 37.7. The fourth-order valence-electron chi connectivity index (χ4n) is 5.86. The highest BCUT2D eigenvalue weighted by molar-refractivity contribution is 5.72. The van der Waals surface area contributed by atoms with E-state index >= 15 is 0 Å². The van der Waals surface area contributed by atoms with Crippen molar-refractivity contribution in [2.45, 2.75) is 194 Å². The zero-order chi connectivity index (χ0) is 43.0. The van der Waals surface area contributed by atoms with Gasteiger partial charge in [0.25, 0.3) is 0 Å². The number of esters is 3. The van der Waals surface area contributed by atoms with Gasteiger partial charge in [-0.25, -0.2) is 0 Å². The number of hydrogen-bond acceptors (Lipinski definition) is 6. The van der Waals surface area contributed by atoms with Crippen LogP contribution in [-0.4, -0.2) is 37.2 Å². The summed E-state index contributed by atoms with van der Waals surface area (Å²) in [5.41, 5.74) is 0. The molecule has 0 heterocycles. The molecule has 0 N–H and O–H groups in total. The van der Waals surface area contributed by atoms with E-state index in [1.807, 2.05) is 6.08 Å². The van der Waals surface area contributed by atoms with Crippen molar-refractivity contribution in [3.8, 4) is 0 Å². The van der Waals surface area contributed by atoms with Gasteiger partial charge in [0, 0.05) is 12.8 Å². The Labute approximate surface area is 361 Å². The molecule has 0 aliphatic rings. The van der Waals surface area contributed by atoms with Crippen LogP contribution in [0, 0.1) is 0 Å². The third kappa shape index (κ3) is 45.0. The van der Waals surface area contributed by atoms with Crippen LogP contribution in [0.4, 0.5) is 0 Å². The second-order valence-electron chi connectivity index (χ2n) is 14.9. The van der Waals surface area contributed by atoms with Crippen LogP contribution in [0.15, 0.2) is 109 Å². The van der Waals surface area contributed by atoms with Gasteiger partial charge in [0.1, 0.15) is 13.2 Å². The Balaban J connectivity index is 4.45. The summed E-state index contributed by atoms with van der Waals surface area (Å²) in [7, 11) is 0. The molecular weight excluding hydrogens is 733 g/mol. The van der Waals surface area contributed by atoms with Crippen molar-refractivity contribution < 1.29 is 28.6 Å². The summed E-state index contributed by atoms with van der Waals surface area (Å²) in [5.74, 6) is -1.09. The largest absolute Gasteiger partial charge is 0.462 e. The van der Waals surface area contributed by atoms with Gasteiger partial charge >= 0.3 is 17.9 Å². The zero-order valence-electron chi connectivity index (χ0n) is 37.7. The highest BCUT2D eigenvalue weighted by Crippen LogP contribution is 2.12. The lowest BCUT2D eigenvalue weighted by atomic mass is 10.1. The number of carbonyl (C=O) groups excluding carboxylic acids is 3. The minimum absolute atomic E-state index is 0.0907. The molecule has 0 spiro atoms. The van der Waals surface area contributed by atoms with E-state index in [2.05, 4.69) is 118 Å². The predicted molar refractivity (Wildman–Crippen MR) is 251 cm³/mol. The summed E-state index contributed by atoms with van der Waals surface area (Å²) in [5, 5.41) is 0. The Hall–Kier alpha value is -3.93. The molecule has 0 bridgehead atoms. The minimum atomic E-state index is -0.836. The van der Waals surface area contributed by atoms with Crippen molar-refractivity contribution in [3.05, 3.63) is 109 Å². The lowest BCUT2D eigenvalue weighted by molar-refractivity contribution is -0.166. The van der Waals surface area contributed by atoms with Crippen LogP contribution in [0.2, 0.25) is 0 Å². The maximum Gasteiger partial charge on any atom is 0.310 e. The van der Waals surface area contributed by atoms with Gasteiger partial charge in [-0.1, -0.05) is 194 Å². The topological polar surface area (TPSA) is 78.9 Å². The molecule has 0 aliphatic heterocycles. The number of rotatable bonds is 40. The second-order valence-corrected chi connectivity index (χ2v) is 14.9. The first-order valence-electron chi connectivity index (χ1n) is 23.4. The monoisotopic (exact) mass is 817 g/mol. The average Bonchev–Trinajstić information content (AvgIpc) is 3.23. The smallest absolute Gasteiger partial charge is 0.310 e. The molecular formula is C53H84O6. The number of allylic oxidation sites excluding steroid dienone is 17. The van der Waals surface area contributed by atoms with Gasteiger partial charge in [0.05, 0.1) is 6.42 Å². The van der Waals surface area contributed by atoms with Crippen molar-refractivity contribution in [2.24, 2.45) is 0 Å². The molecule has 0 aromatic rings. The van der Waals surface area contributed by atoms with Crippen LogP contribution in [0.5, 0.6) is 0 Å². The van der Waals surface area contributed by atoms with Crippen molar-refractivity contribution in [1.29, 1.82) is 0 Å². The van der Waals surface area contributed by atoms with E-state index in [1.165, 1.54) is 38.5 Å². The van der Waals surface area contributed by atoms with E-state index in [0.717, 1.165) is 103 Å². The van der Waals surface area contributed by atoms with Gasteiger partial charge in [0.15, 0.2) is 6.10 Å². The summed E-state index contributed by atoms with van der Waals surface area (Å²) in [6.07, 6.45) is 62.5. The molecule has 0 fully saturated rings. The van der Waals surface area contributed by atoms with E-state index in [9.17, 15) is 14.4 Å². The van der Waals surface area contributed by atoms with Gasteiger partial charge in [-0.15, -0.1) is 0 Å². The first-order valence-corrected chi connectivity index (χ1v) is 23.4. The Morgan fingerprint density at radius 2 is 0.712 bits per heavy atom. The molecule has 0 saturated heterocycles. The third-order valence-corrected chi connectivity index (χ3v) is 9.31. The van der Waals surface area contributed by atoms with Gasteiger partial charge in [0.2, 0.25) is 0 Å². The fourth-order valence-corrected chi connectivity index (χ4v) is 5.86. The summed E-state index contributed by atoms with van der Waals surface area (Å²) in [4.78, 5) is 37.6. The normalized spacial score (nSPS) is 13.1. The molecule has 59 heavy (non-hydrogen) atoms. The average molecular weight is 817 g/mol. The molecule has 1 unspecified atom stereocenters. The molecule has 0 amide bonds. The maximum atomic E-state index is 12.7. The number of ether oxygens (including phenoxy) is 3.